The highest BCUT2D eigenvalue weighted by Gasteiger charge is 2.35. The number of hydrogen-bond acceptors (Lipinski definition) is 4. The van der Waals surface area contributed by atoms with Gasteiger partial charge < -0.3 is 15.4 Å². The van der Waals surface area contributed by atoms with Crippen LogP contribution in [0.1, 0.15) is 73.8 Å². The Morgan fingerprint density at radius 3 is 2.38 bits per heavy atom. The van der Waals surface area contributed by atoms with E-state index in [0.717, 1.165) is 18.3 Å². The Labute approximate surface area is 236 Å². The lowest BCUT2D eigenvalue weighted by Crippen LogP contribution is -2.37. The second kappa shape index (κ2) is 12.0. The van der Waals surface area contributed by atoms with Gasteiger partial charge in [0.15, 0.2) is 12.0 Å². The number of hydrogen-bond donors (Lipinski definition) is 2. The number of aliphatic hydroxyl groups is 2. The summed E-state index contributed by atoms with van der Waals surface area (Å²) in [6, 6.07) is 11.5. The fraction of sp³-hybridized carbons (Fsp3) is 0.355. The van der Waals surface area contributed by atoms with E-state index in [2.05, 4.69) is 6.58 Å². The summed E-state index contributed by atoms with van der Waals surface area (Å²) in [6.45, 7) is 5.27. The van der Waals surface area contributed by atoms with E-state index in [4.69, 9.17) is 11.6 Å². The molecule has 4 rings (SSSR count). The summed E-state index contributed by atoms with van der Waals surface area (Å²) in [4.78, 5) is 13.6. The van der Waals surface area contributed by atoms with Gasteiger partial charge >= 0.3 is 0 Å². The Bertz CT molecular complexity index is 1400. The Morgan fingerprint density at radius 2 is 1.80 bits per heavy atom. The van der Waals surface area contributed by atoms with E-state index in [1.165, 1.54) is 12.1 Å². The van der Waals surface area contributed by atoms with Gasteiger partial charge in [0, 0.05) is 29.2 Å². The topological polar surface area (TPSA) is 84.5 Å². The van der Waals surface area contributed by atoms with Gasteiger partial charge in [-0.3, -0.25) is 4.79 Å². The lowest BCUT2D eigenvalue weighted by Gasteiger charge is -2.34. The molecule has 1 saturated carbocycles. The van der Waals surface area contributed by atoms with Gasteiger partial charge in [-0.1, -0.05) is 48.5 Å². The minimum atomic E-state index is -2.99. The summed E-state index contributed by atoms with van der Waals surface area (Å²) in [6.07, 6.45) is 0.928. The first kappa shape index (κ1) is 29.6. The summed E-state index contributed by atoms with van der Waals surface area (Å²) in [5.74, 6) is -2.09. The highest BCUT2D eigenvalue weighted by molar-refractivity contribution is 6.31. The quantitative estimate of drug-likeness (QED) is 0.158. The largest absolute Gasteiger partial charge is 0.618 e. The van der Waals surface area contributed by atoms with Gasteiger partial charge in [-0.15, -0.1) is 0 Å². The lowest BCUT2D eigenvalue weighted by atomic mass is 9.75. The van der Waals surface area contributed by atoms with Crippen LogP contribution in [0.3, 0.4) is 0 Å². The molecule has 1 heterocycles. The van der Waals surface area contributed by atoms with Gasteiger partial charge in [0.05, 0.1) is 16.2 Å². The number of Topliss-reactive ketones (excluding diaryl/α,β-unsaturated/α-hetero) is 1. The molecule has 1 aliphatic rings. The van der Waals surface area contributed by atoms with Crippen molar-refractivity contribution < 1.29 is 32.9 Å². The van der Waals surface area contributed by atoms with Crippen molar-refractivity contribution in [2.75, 3.05) is 0 Å². The average Bonchev–Trinajstić information content (AvgIpc) is 2.90. The summed E-state index contributed by atoms with van der Waals surface area (Å²) in [7, 11) is 0. The fourth-order valence-electron chi connectivity index (χ4n) is 5.38. The van der Waals surface area contributed by atoms with Crippen LogP contribution in [0.4, 0.5) is 13.2 Å². The Kier molecular flexibility index (Phi) is 8.90. The first-order valence-corrected chi connectivity index (χ1v) is 13.5. The third-order valence-corrected chi connectivity index (χ3v) is 8.05. The third-order valence-electron chi connectivity index (χ3n) is 7.76. The number of halogens is 4. The van der Waals surface area contributed by atoms with Crippen LogP contribution in [-0.4, -0.2) is 21.6 Å². The minimum absolute atomic E-state index is 0.0213. The van der Waals surface area contributed by atoms with Crippen molar-refractivity contribution >= 4 is 23.1 Å². The number of pyridine rings is 1. The van der Waals surface area contributed by atoms with Crippen molar-refractivity contribution in [2.45, 2.75) is 63.4 Å². The van der Waals surface area contributed by atoms with E-state index < -0.39 is 34.9 Å². The molecule has 0 spiro atoms. The zero-order valence-electron chi connectivity index (χ0n) is 22.0. The molecule has 2 N–H and O–H groups in total. The van der Waals surface area contributed by atoms with Crippen molar-refractivity contribution in [3.63, 3.8) is 0 Å². The van der Waals surface area contributed by atoms with Gasteiger partial charge in [0.25, 0.3) is 6.43 Å². The van der Waals surface area contributed by atoms with Crippen LogP contribution in [0.5, 0.6) is 0 Å². The van der Waals surface area contributed by atoms with Crippen LogP contribution in [0.15, 0.2) is 61.3 Å². The SMILES string of the molecule is C=C(O)c1ccc(CC(=O)[C@H](CC2CCC(C)(O)CC2)c2ccc(-c3c(C(F)F)ccc(Cl)c3F)c[n+]2[O-])cc1. The fourth-order valence-corrected chi connectivity index (χ4v) is 5.53. The molecule has 3 aromatic rings. The van der Waals surface area contributed by atoms with Gasteiger partial charge in [-0.25, -0.2) is 13.2 Å². The van der Waals surface area contributed by atoms with Crippen LogP contribution in [-0.2, 0) is 11.2 Å². The first-order chi connectivity index (χ1) is 18.9. The molecule has 9 heteroatoms. The first-order valence-electron chi connectivity index (χ1n) is 13.1. The second-order valence-electron chi connectivity index (χ2n) is 10.8. The van der Waals surface area contributed by atoms with Crippen LogP contribution < -0.4 is 4.73 Å². The Morgan fingerprint density at radius 1 is 1.15 bits per heavy atom. The van der Waals surface area contributed by atoms with Crippen LogP contribution in [0, 0.1) is 16.9 Å². The number of carbonyl (C=O) groups is 1. The normalized spacial score (nSPS) is 19.9. The number of ketones is 1. The molecule has 1 fully saturated rings. The van der Waals surface area contributed by atoms with E-state index >= 15 is 0 Å². The lowest BCUT2D eigenvalue weighted by molar-refractivity contribution is -0.614. The van der Waals surface area contributed by atoms with Crippen molar-refractivity contribution in [1.29, 1.82) is 0 Å². The number of carbonyl (C=O) groups excluding carboxylic acids is 1. The molecule has 0 aliphatic heterocycles. The maximum atomic E-state index is 14.8. The predicted octanol–water partition coefficient (Wildman–Crippen LogP) is 7.47. The Hall–Kier alpha value is -3.36. The maximum absolute atomic E-state index is 14.8. The number of aliphatic hydroxyl groups excluding tert-OH is 1. The van der Waals surface area contributed by atoms with Gasteiger partial charge in [-0.05, 0) is 62.6 Å². The van der Waals surface area contributed by atoms with Crippen molar-refractivity contribution in [2.24, 2.45) is 5.92 Å². The van der Waals surface area contributed by atoms with Crippen LogP contribution in [0.2, 0.25) is 5.02 Å². The smallest absolute Gasteiger partial charge is 0.264 e. The van der Waals surface area contributed by atoms with E-state index in [9.17, 15) is 33.4 Å². The molecular formula is C31H31ClF3NO4. The average molecular weight is 574 g/mol. The molecule has 2 aromatic carbocycles. The standard InChI is InChI=1S/C31H31ClF3NO4/c1-18(37)21-5-3-19(4-6-21)16-27(38)24(15-20-11-13-31(2,39)14-12-20)26-10-7-22(17-36(26)40)28-23(30(34)35)8-9-25(32)29(28)33/h3-10,17,20,24,30,37,39H,1,11-16H2,2H3/t20?,24-,31?/m1/s1. The molecule has 0 bridgehead atoms. The molecule has 40 heavy (non-hydrogen) atoms. The summed E-state index contributed by atoms with van der Waals surface area (Å²) in [5, 5.41) is 32.9. The molecule has 1 aromatic heterocycles. The van der Waals surface area contributed by atoms with Crippen LogP contribution >= 0.6 is 11.6 Å². The molecule has 0 saturated heterocycles. The highest BCUT2D eigenvalue weighted by atomic mass is 35.5. The second-order valence-corrected chi connectivity index (χ2v) is 11.2. The minimum Gasteiger partial charge on any atom is -0.618 e. The molecule has 5 nitrogen and oxygen atoms in total. The van der Waals surface area contributed by atoms with E-state index in [1.807, 2.05) is 0 Å². The predicted molar refractivity (Wildman–Crippen MR) is 148 cm³/mol. The molecule has 212 valence electrons. The summed E-state index contributed by atoms with van der Waals surface area (Å²) >= 11 is 5.85. The summed E-state index contributed by atoms with van der Waals surface area (Å²) in [5.41, 5.74) is -0.555. The number of benzene rings is 2. The molecule has 1 aliphatic carbocycles. The number of aromatic nitrogens is 1. The van der Waals surface area contributed by atoms with Gasteiger partial charge in [0.1, 0.15) is 17.5 Å². The third kappa shape index (κ3) is 6.67. The monoisotopic (exact) mass is 573 g/mol. The number of rotatable bonds is 9. The van der Waals surface area contributed by atoms with Crippen molar-refractivity contribution in [1.82, 2.24) is 0 Å². The summed E-state index contributed by atoms with van der Waals surface area (Å²) < 4.78 is 42.6. The van der Waals surface area contributed by atoms with E-state index in [-0.39, 0.29) is 40.2 Å². The molecule has 0 amide bonds. The zero-order valence-corrected chi connectivity index (χ0v) is 22.8. The van der Waals surface area contributed by atoms with Crippen molar-refractivity contribution in [3.8, 4) is 11.1 Å². The number of nitrogens with zero attached hydrogens (tertiary/aromatic N) is 1. The van der Waals surface area contributed by atoms with Gasteiger partial charge in [0.2, 0.25) is 5.69 Å². The van der Waals surface area contributed by atoms with E-state index in [0.29, 0.717) is 48.0 Å². The maximum Gasteiger partial charge on any atom is 0.264 e. The highest BCUT2D eigenvalue weighted by Crippen LogP contribution is 2.39. The Balaban J connectivity index is 1.68. The van der Waals surface area contributed by atoms with E-state index in [1.54, 1.807) is 31.2 Å². The van der Waals surface area contributed by atoms with Gasteiger partial charge in [-0.2, -0.15) is 4.73 Å². The zero-order chi connectivity index (χ0) is 29.2. The number of alkyl halides is 2. The van der Waals surface area contributed by atoms with Crippen LogP contribution in [0.25, 0.3) is 16.9 Å². The van der Waals surface area contributed by atoms with Crippen molar-refractivity contribution in [3.05, 3.63) is 99.7 Å². The molecule has 0 radical (unpaired) electrons. The molecule has 0 unspecified atom stereocenters. The molecular weight excluding hydrogens is 543 g/mol. The molecule has 1 atom stereocenters.